The van der Waals surface area contributed by atoms with Crippen molar-refractivity contribution in [2.45, 2.75) is 6.67 Å². The average Bonchev–Trinajstić information content (AvgIpc) is 3.65. The molecule has 0 radical (unpaired) electrons. The predicted octanol–water partition coefficient (Wildman–Crippen LogP) is 10.5. The fourth-order valence-corrected chi connectivity index (χ4v) is 8.79. The van der Waals surface area contributed by atoms with Crippen molar-refractivity contribution in [3.63, 3.8) is 0 Å². The molecule has 3 heterocycles. The Hall–Kier alpha value is -5.91. The number of nitrogen functional groups attached to an aromatic ring is 1. The first-order valence-corrected chi connectivity index (χ1v) is 16.7. The first kappa shape index (κ1) is 26.3. The molecule has 4 nitrogen and oxygen atoms in total. The van der Waals surface area contributed by atoms with E-state index in [0.717, 1.165) is 38.1 Å². The zero-order valence-electron chi connectivity index (χ0n) is 25.4. The lowest BCUT2D eigenvalue weighted by Crippen LogP contribution is -2.11. The summed E-state index contributed by atoms with van der Waals surface area (Å²) < 4.78 is 6.03. The lowest BCUT2D eigenvalue weighted by atomic mass is 9.99. The summed E-state index contributed by atoms with van der Waals surface area (Å²) >= 11 is 1.76. The second-order valence-corrected chi connectivity index (χ2v) is 13.2. The first-order valence-electron chi connectivity index (χ1n) is 15.9. The summed E-state index contributed by atoms with van der Waals surface area (Å²) in [6, 6.07) is 51.9. The van der Waals surface area contributed by atoms with Crippen LogP contribution in [0.3, 0.4) is 0 Å². The van der Waals surface area contributed by atoms with Crippen molar-refractivity contribution in [1.82, 2.24) is 9.13 Å². The molecular weight excluding hydrogens is 593 g/mol. The maximum absolute atomic E-state index is 6.87. The number of anilines is 1. The van der Waals surface area contributed by atoms with Crippen LogP contribution in [0.4, 0.5) is 5.69 Å². The van der Waals surface area contributed by atoms with Crippen LogP contribution >= 0.6 is 11.3 Å². The van der Waals surface area contributed by atoms with Crippen molar-refractivity contribution >= 4 is 81.5 Å². The van der Waals surface area contributed by atoms with E-state index in [4.69, 9.17) is 10.7 Å². The van der Waals surface area contributed by atoms with Crippen molar-refractivity contribution in [1.29, 1.82) is 0 Å². The quantitative estimate of drug-likeness (QED) is 0.196. The Kier molecular flexibility index (Phi) is 5.63. The van der Waals surface area contributed by atoms with Gasteiger partial charge in [0.15, 0.2) is 0 Å². The fourth-order valence-electron chi connectivity index (χ4n) is 7.66. The Bertz CT molecular complexity index is 2890. The van der Waals surface area contributed by atoms with E-state index in [1.807, 2.05) is 0 Å². The Morgan fingerprint density at radius 1 is 0.532 bits per heavy atom. The molecule has 6 aromatic carbocycles. The van der Waals surface area contributed by atoms with Crippen molar-refractivity contribution in [3.8, 4) is 16.1 Å². The molecular formula is C42H28N4S. The molecule has 5 heteroatoms. The number of nitrogens with zero attached hydrogens (tertiary/aromatic N) is 3. The number of para-hydroxylation sites is 3. The minimum atomic E-state index is 0.459. The highest BCUT2D eigenvalue weighted by Crippen LogP contribution is 2.46. The van der Waals surface area contributed by atoms with Gasteiger partial charge in [-0.1, -0.05) is 103 Å². The smallest absolute Gasteiger partial charge is 0.115 e. The summed E-state index contributed by atoms with van der Waals surface area (Å²) in [6.07, 6.45) is 0. The van der Waals surface area contributed by atoms with E-state index in [2.05, 4.69) is 155 Å². The second kappa shape index (κ2) is 10.0. The maximum Gasteiger partial charge on any atom is 0.115 e. The van der Waals surface area contributed by atoms with Gasteiger partial charge in [0.25, 0.3) is 0 Å². The zero-order chi connectivity index (χ0) is 31.1. The van der Waals surface area contributed by atoms with Gasteiger partial charge in [-0.05, 0) is 47.9 Å². The van der Waals surface area contributed by atoms with Crippen LogP contribution in [0.2, 0.25) is 0 Å². The van der Waals surface area contributed by atoms with Crippen LogP contribution in [-0.2, 0) is 6.67 Å². The van der Waals surface area contributed by atoms with Crippen LogP contribution in [0.15, 0.2) is 151 Å². The predicted molar refractivity (Wildman–Crippen MR) is 200 cm³/mol. The normalized spacial score (nSPS) is 12.6. The molecule has 0 spiro atoms. The van der Waals surface area contributed by atoms with Gasteiger partial charge in [-0.15, -0.1) is 11.3 Å². The molecule has 1 aliphatic heterocycles. The monoisotopic (exact) mass is 620 g/mol. The molecule has 2 aliphatic rings. The molecule has 222 valence electrons. The summed E-state index contributed by atoms with van der Waals surface area (Å²) in [6.45, 7) is 0.459. The molecule has 0 bridgehead atoms. The average molecular weight is 621 g/mol. The highest BCUT2D eigenvalue weighted by atomic mass is 32.1. The molecule has 0 atom stereocenters. The van der Waals surface area contributed by atoms with Gasteiger partial charge in [0.1, 0.15) is 6.67 Å². The molecule has 8 aromatic rings. The third-order valence-electron chi connectivity index (χ3n) is 9.60. The maximum atomic E-state index is 6.87. The molecule has 0 fully saturated rings. The van der Waals surface area contributed by atoms with Crippen molar-refractivity contribution in [2.75, 3.05) is 5.73 Å². The minimum Gasteiger partial charge on any atom is -0.398 e. The van der Waals surface area contributed by atoms with E-state index in [0.29, 0.717) is 6.67 Å². The second-order valence-electron chi connectivity index (χ2n) is 12.1. The van der Waals surface area contributed by atoms with E-state index in [9.17, 15) is 0 Å². The number of hydrogen-bond acceptors (Lipinski definition) is 3. The molecule has 0 unspecified atom stereocenters. The minimum absolute atomic E-state index is 0.459. The third kappa shape index (κ3) is 3.72. The van der Waals surface area contributed by atoms with E-state index in [1.54, 1.807) is 11.3 Å². The fraction of sp³-hybridized carbons (Fsp3) is 0.0238. The number of benzene rings is 7. The summed E-state index contributed by atoms with van der Waals surface area (Å²) in [5.41, 5.74) is 14.6. The molecule has 47 heavy (non-hydrogen) atoms. The highest BCUT2D eigenvalue weighted by molar-refractivity contribution is 7.21. The summed E-state index contributed by atoms with van der Waals surface area (Å²) in [4.78, 5) is 6.48. The van der Waals surface area contributed by atoms with Gasteiger partial charge in [-0.25, -0.2) is 0 Å². The van der Waals surface area contributed by atoms with Gasteiger partial charge in [0.05, 0.1) is 33.1 Å². The van der Waals surface area contributed by atoms with Gasteiger partial charge in [0.2, 0.25) is 0 Å². The van der Waals surface area contributed by atoms with Gasteiger partial charge < -0.3 is 14.9 Å². The van der Waals surface area contributed by atoms with Gasteiger partial charge in [-0.2, -0.15) is 0 Å². The summed E-state index contributed by atoms with van der Waals surface area (Å²) in [5, 5.41) is 9.46. The van der Waals surface area contributed by atoms with Crippen LogP contribution in [0.1, 0.15) is 0 Å². The largest absolute Gasteiger partial charge is 0.398 e. The first-order chi connectivity index (χ1) is 23.3. The van der Waals surface area contributed by atoms with Crippen molar-refractivity contribution in [2.24, 2.45) is 4.99 Å². The molecule has 0 saturated carbocycles. The van der Waals surface area contributed by atoms with Gasteiger partial charge >= 0.3 is 0 Å². The summed E-state index contributed by atoms with van der Waals surface area (Å²) in [7, 11) is 0. The summed E-state index contributed by atoms with van der Waals surface area (Å²) in [5.74, 6) is 0. The van der Waals surface area contributed by atoms with Crippen LogP contribution in [0.5, 0.6) is 0 Å². The number of hydrogen-bond donors (Lipinski definition) is 1. The Balaban J connectivity index is 1.35. The molecule has 10 rings (SSSR count). The van der Waals surface area contributed by atoms with Crippen molar-refractivity contribution < 1.29 is 0 Å². The number of fused-ring (bicyclic) bond motifs is 12. The SMILES string of the molecule is Nc1c2/c(=N\Cn3c4ccccc4c4c3c3ccccc3c3c5ccccc5n(-c5ccccc5)c34)cccc-2sc2ccccc12. The van der Waals surface area contributed by atoms with E-state index < -0.39 is 0 Å². The molecule has 1 aliphatic carbocycles. The molecule has 2 N–H and O–H groups in total. The molecule has 0 amide bonds. The Morgan fingerprint density at radius 2 is 1.17 bits per heavy atom. The standard InChI is InChI=1S/C42H28N4S/c43-40-31-19-8-11-23-35(31)47-36-24-12-20-32(39(36)40)44-25-45-33-21-9-6-17-29(33)38-41(45)28-16-5-4-15-27(28)37-30-18-7-10-22-34(30)46(42(37)38)26-13-2-1-3-14-26/h1-24H,25,43H2/b44-32-. The van der Waals surface area contributed by atoms with Crippen LogP contribution in [0, 0.1) is 0 Å². The van der Waals surface area contributed by atoms with Gasteiger partial charge in [-0.3, -0.25) is 4.99 Å². The third-order valence-corrected chi connectivity index (χ3v) is 10.7. The zero-order valence-corrected chi connectivity index (χ0v) is 26.2. The lowest BCUT2D eigenvalue weighted by Gasteiger charge is -2.13. The number of rotatable bonds is 3. The van der Waals surface area contributed by atoms with Crippen LogP contribution < -0.4 is 11.1 Å². The van der Waals surface area contributed by atoms with E-state index >= 15 is 0 Å². The van der Waals surface area contributed by atoms with E-state index in [-0.39, 0.29) is 0 Å². The topological polar surface area (TPSA) is 48.2 Å². The number of nitrogens with two attached hydrogens (primary N) is 1. The lowest BCUT2D eigenvalue weighted by molar-refractivity contribution is 0.772. The van der Waals surface area contributed by atoms with E-state index in [1.165, 1.54) is 53.6 Å². The Morgan fingerprint density at radius 3 is 1.98 bits per heavy atom. The number of aromatic nitrogens is 2. The van der Waals surface area contributed by atoms with Crippen LogP contribution in [0.25, 0.3) is 80.6 Å². The van der Waals surface area contributed by atoms with Crippen LogP contribution in [-0.4, -0.2) is 9.13 Å². The van der Waals surface area contributed by atoms with Crippen molar-refractivity contribution in [3.05, 3.63) is 151 Å². The molecule has 2 aromatic heterocycles. The highest BCUT2D eigenvalue weighted by Gasteiger charge is 2.23. The molecule has 0 saturated heterocycles. The Labute approximate surface area is 274 Å². The van der Waals surface area contributed by atoms with Gasteiger partial charge in [0, 0.05) is 53.1 Å².